The molecular formula is C17H20ClN5O3. The number of aromatic nitrogens is 2. The van der Waals surface area contributed by atoms with Crippen LogP contribution in [0.4, 0.5) is 5.69 Å². The third kappa shape index (κ3) is 3.06. The number of nitro groups is 1. The number of halogens is 1. The van der Waals surface area contributed by atoms with Gasteiger partial charge in [0.25, 0.3) is 11.6 Å². The van der Waals surface area contributed by atoms with Crippen LogP contribution in [0.2, 0.25) is 0 Å². The minimum Gasteiger partial charge on any atom is -0.337 e. The molecular weight excluding hydrogens is 358 g/mol. The topological polar surface area (TPSA) is 107 Å². The Balaban J connectivity index is 0.00000196. The van der Waals surface area contributed by atoms with Crippen molar-refractivity contribution >= 4 is 24.0 Å². The third-order valence-corrected chi connectivity index (χ3v) is 5.33. The first-order valence-corrected chi connectivity index (χ1v) is 8.39. The highest BCUT2D eigenvalue weighted by atomic mass is 35.5. The van der Waals surface area contributed by atoms with E-state index in [1.807, 2.05) is 0 Å². The number of para-hydroxylation sites is 2. The van der Waals surface area contributed by atoms with Crippen LogP contribution in [0.25, 0.3) is 5.69 Å². The van der Waals surface area contributed by atoms with E-state index >= 15 is 0 Å². The molecule has 138 valence electrons. The summed E-state index contributed by atoms with van der Waals surface area (Å²) >= 11 is 0. The SMILES string of the molecule is Cl.NC1CCC2CN(C(=O)c3ccn(-c4ccccc4[N+](=O)[O-])n3)CC12. The van der Waals surface area contributed by atoms with Crippen molar-refractivity contribution in [3.05, 3.63) is 52.3 Å². The second-order valence-electron chi connectivity index (χ2n) is 6.77. The Labute approximate surface area is 156 Å². The van der Waals surface area contributed by atoms with Crippen LogP contribution in [-0.4, -0.2) is 44.6 Å². The van der Waals surface area contributed by atoms with Crippen molar-refractivity contribution in [3.63, 3.8) is 0 Å². The molecule has 0 radical (unpaired) electrons. The van der Waals surface area contributed by atoms with Gasteiger partial charge in [0.05, 0.1) is 4.92 Å². The minimum absolute atomic E-state index is 0. The molecule has 2 aromatic rings. The summed E-state index contributed by atoms with van der Waals surface area (Å²) in [6, 6.07) is 8.11. The third-order valence-electron chi connectivity index (χ3n) is 5.33. The van der Waals surface area contributed by atoms with Gasteiger partial charge in [-0.15, -0.1) is 12.4 Å². The van der Waals surface area contributed by atoms with Gasteiger partial charge in [-0.1, -0.05) is 12.1 Å². The first kappa shape index (κ1) is 18.3. The van der Waals surface area contributed by atoms with Gasteiger partial charge in [0.1, 0.15) is 5.69 Å². The molecule has 8 nitrogen and oxygen atoms in total. The predicted molar refractivity (Wildman–Crippen MR) is 97.6 cm³/mol. The van der Waals surface area contributed by atoms with Crippen molar-refractivity contribution < 1.29 is 9.72 Å². The zero-order valence-electron chi connectivity index (χ0n) is 14.0. The lowest BCUT2D eigenvalue weighted by molar-refractivity contribution is -0.384. The molecule has 1 aliphatic heterocycles. The van der Waals surface area contributed by atoms with E-state index < -0.39 is 4.92 Å². The van der Waals surface area contributed by atoms with Crippen LogP contribution >= 0.6 is 12.4 Å². The fourth-order valence-corrected chi connectivity index (χ4v) is 4.02. The number of hydrogen-bond donors (Lipinski definition) is 1. The molecule has 1 aromatic carbocycles. The van der Waals surface area contributed by atoms with Crippen LogP contribution in [0.1, 0.15) is 23.3 Å². The van der Waals surface area contributed by atoms with Crippen LogP contribution in [-0.2, 0) is 0 Å². The number of amides is 1. The molecule has 3 atom stereocenters. The molecule has 1 saturated heterocycles. The summed E-state index contributed by atoms with van der Waals surface area (Å²) in [4.78, 5) is 25.2. The van der Waals surface area contributed by atoms with Gasteiger partial charge in [-0.3, -0.25) is 14.9 Å². The Morgan fingerprint density at radius 2 is 2.00 bits per heavy atom. The maximum absolute atomic E-state index is 12.7. The number of benzene rings is 1. The second-order valence-corrected chi connectivity index (χ2v) is 6.77. The molecule has 2 N–H and O–H groups in total. The Morgan fingerprint density at radius 1 is 1.23 bits per heavy atom. The highest BCUT2D eigenvalue weighted by Gasteiger charge is 2.42. The van der Waals surface area contributed by atoms with Gasteiger partial charge in [-0.2, -0.15) is 5.10 Å². The number of carbonyl (C=O) groups is 1. The van der Waals surface area contributed by atoms with Crippen molar-refractivity contribution in [2.45, 2.75) is 18.9 Å². The molecule has 1 aliphatic carbocycles. The number of nitrogens with two attached hydrogens (primary N) is 1. The first-order chi connectivity index (χ1) is 12.0. The number of likely N-dealkylation sites (tertiary alicyclic amines) is 1. The molecule has 2 fully saturated rings. The average Bonchev–Trinajstić information content (AvgIpc) is 3.32. The number of nitro benzene ring substituents is 1. The lowest BCUT2D eigenvalue weighted by Gasteiger charge is -2.17. The van der Waals surface area contributed by atoms with Crippen LogP contribution in [0.5, 0.6) is 0 Å². The molecule has 1 aromatic heterocycles. The van der Waals surface area contributed by atoms with Gasteiger partial charge in [-0.05, 0) is 36.8 Å². The van der Waals surface area contributed by atoms with E-state index in [0.717, 1.165) is 19.4 Å². The Kier molecular flexibility index (Phi) is 4.97. The molecule has 26 heavy (non-hydrogen) atoms. The number of carbonyl (C=O) groups excluding carboxylic acids is 1. The summed E-state index contributed by atoms with van der Waals surface area (Å²) in [5.41, 5.74) is 6.71. The summed E-state index contributed by atoms with van der Waals surface area (Å²) < 4.78 is 1.38. The summed E-state index contributed by atoms with van der Waals surface area (Å²) in [6.07, 6.45) is 3.68. The van der Waals surface area contributed by atoms with Crippen LogP contribution in [0.3, 0.4) is 0 Å². The second kappa shape index (κ2) is 7.05. The standard InChI is InChI=1S/C17H19N5O3.ClH/c18-13-6-5-11-9-20(10-12(11)13)17(23)14-7-8-21(19-14)15-3-1-2-4-16(15)22(24)25;/h1-4,7-8,11-13H,5-6,9-10,18H2;1H. The first-order valence-electron chi connectivity index (χ1n) is 8.39. The molecule has 0 bridgehead atoms. The fraction of sp³-hybridized carbons (Fsp3) is 0.412. The molecule has 3 unspecified atom stereocenters. The zero-order chi connectivity index (χ0) is 17.6. The summed E-state index contributed by atoms with van der Waals surface area (Å²) in [7, 11) is 0. The Hall–Kier alpha value is -2.45. The molecule has 1 saturated carbocycles. The largest absolute Gasteiger partial charge is 0.337 e. The van der Waals surface area contributed by atoms with E-state index in [2.05, 4.69) is 5.10 Å². The van der Waals surface area contributed by atoms with Gasteiger partial charge in [0.15, 0.2) is 5.69 Å². The van der Waals surface area contributed by atoms with Gasteiger partial charge >= 0.3 is 0 Å². The van der Waals surface area contributed by atoms with Crippen molar-refractivity contribution in [3.8, 4) is 5.69 Å². The highest BCUT2D eigenvalue weighted by Crippen LogP contribution is 2.37. The van der Waals surface area contributed by atoms with Crippen molar-refractivity contribution in [2.24, 2.45) is 17.6 Å². The quantitative estimate of drug-likeness (QED) is 0.650. The van der Waals surface area contributed by atoms with Crippen LogP contribution in [0.15, 0.2) is 36.5 Å². The van der Waals surface area contributed by atoms with E-state index in [1.165, 1.54) is 10.7 Å². The lowest BCUT2D eigenvalue weighted by Crippen LogP contribution is -2.33. The van der Waals surface area contributed by atoms with E-state index in [9.17, 15) is 14.9 Å². The van der Waals surface area contributed by atoms with Gasteiger partial charge in [0.2, 0.25) is 0 Å². The minimum atomic E-state index is -0.457. The molecule has 1 amide bonds. The number of hydrogen-bond acceptors (Lipinski definition) is 5. The fourth-order valence-electron chi connectivity index (χ4n) is 4.02. The van der Waals surface area contributed by atoms with Gasteiger partial charge in [-0.25, -0.2) is 4.68 Å². The summed E-state index contributed by atoms with van der Waals surface area (Å²) in [6.45, 7) is 1.39. The Bertz CT molecular complexity index is 839. The summed E-state index contributed by atoms with van der Waals surface area (Å²) in [5.74, 6) is 0.719. The number of rotatable bonds is 3. The highest BCUT2D eigenvalue weighted by molar-refractivity contribution is 5.92. The predicted octanol–water partition coefficient (Wildman–Crippen LogP) is 2.01. The Morgan fingerprint density at radius 3 is 2.73 bits per heavy atom. The van der Waals surface area contributed by atoms with E-state index in [-0.39, 0.29) is 30.0 Å². The van der Waals surface area contributed by atoms with Crippen molar-refractivity contribution in [2.75, 3.05) is 13.1 Å². The maximum atomic E-state index is 12.7. The van der Waals surface area contributed by atoms with E-state index in [4.69, 9.17) is 5.73 Å². The smallest absolute Gasteiger partial charge is 0.294 e. The maximum Gasteiger partial charge on any atom is 0.294 e. The molecule has 2 heterocycles. The molecule has 0 spiro atoms. The summed E-state index contributed by atoms with van der Waals surface area (Å²) in [5, 5.41) is 15.4. The molecule has 4 rings (SSSR count). The van der Waals surface area contributed by atoms with Crippen molar-refractivity contribution in [1.82, 2.24) is 14.7 Å². The number of nitrogens with zero attached hydrogens (tertiary/aromatic N) is 4. The van der Waals surface area contributed by atoms with Gasteiger partial charge < -0.3 is 10.6 Å². The molecule has 2 aliphatic rings. The lowest BCUT2D eigenvalue weighted by atomic mass is 9.98. The monoisotopic (exact) mass is 377 g/mol. The normalized spacial score (nSPS) is 24.2. The number of fused-ring (bicyclic) bond motifs is 1. The van der Waals surface area contributed by atoms with Crippen LogP contribution in [0, 0.1) is 22.0 Å². The zero-order valence-corrected chi connectivity index (χ0v) is 14.8. The molecule has 9 heteroatoms. The van der Waals surface area contributed by atoms with Crippen molar-refractivity contribution in [1.29, 1.82) is 0 Å². The van der Waals surface area contributed by atoms with Gasteiger partial charge in [0, 0.05) is 31.4 Å². The van der Waals surface area contributed by atoms with E-state index in [0.29, 0.717) is 29.8 Å². The average molecular weight is 378 g/mol. The van der Waals surface area contributed by atoms with E-state index in [1.54, 1.807) is 35.4 Å². The van der Waals surface area contributed by atoms with Crippen LogP contribution < -0.4 is 5.73 Å².